The molecule has 0 bridgehead atoms. The molecule has 1 aromatic heterocycles. The van der Waals surface area contributed by atoms with Crippen LogP contribution in [0.2, 0.25) is 0 Å². The Kier molecular flexibility index (Phi) is 3.93. The number of carbonyl (C=O) groups excluding carboxylic acids is 1. The Bertz CT molecular complexity index is 644. The first kappa shape index (κ1) is 15.0. The molecule has 21 heavy (non-hydrogen) atoms. The minimum atomic E-state index is -4.72. The number of alkyl halides is 3. The van der Waals surface area contributed by atoms with E-state index in [0.717, 1.165) is 0 Å². The van der Waals surface area contributed by atoms with Crippen molar-refractivity contribution in [3.8, 4) is 17.0 Å². The first-order valence-electron chi connectivity index (χ1n) is 5.92. The number of rotatable bonds is 3. The van der Waals surface area contributed by atoms with Gasteiger partial charge in [0.1, 0.15) is 11.4 Å². The van der Waals surface area contributed by atoms with E-state index >= 15 is 0 Å². The summed E-state index contributed by atoms with van der Waals surface area (Å²) in [6, 6.07) is 8.67. The average Bonchev–Trinajstić information content (AvgIpc) is 2.79. The zero-order valence-electron chi connectivity index (χ0n) is 11.3. The minimum absolute atomic E-state index is 0.298. The minimum Gasteiger partial charge on any atom is -0.464 e. The van der Waals surface area contributed by atoms with Crippen LogP contribution < -0.4 is 4.74 Å². The molecule has 0 aliphatic rings. The van der Waals surface area contributed by atoms with Gasteiger partial charge in [-0.15, -0.1) is 13.2 Å². The monoisotopic (exact) mass is 299 g/mol. The maximum absolute atomic E-state index is 12.1. The molecule has 0 radical (unpaired) electrons. The Labute approximate surface area is 118 Å². The van der Waals surface area contributed by atoms with Gasteiger partial charge in [0.25, 0.3) is 0 Å². The van der Waals surface area contributed by atoms with E-state index in [1.165, 1.54) is 31.4 Å². The fourth-order valence-corrected chi connectivity index (χ4v) is 1.94. The highest BCUT2D eigenvalue weighted by atomic mass is 19.4. The van der Waals surface area contributed by atoms with Gasteiger partial charge in [0.05, 0.1) is 7.11 Å². The number of hydrogen-bond acceptors (Lipinski definition) is 3. The summed E-state index contributed by atoms with van der Waals surface area (Å²) in [5.74, 6) is -0.783. The predicted octanol–water partition coefficient (Wildman–Crippen LogP) is 3.38. The van der Waals surface area contributed by atoms with Crippen LogP contribution in [0.1, 0.15) is 10.5 Å². The number of carbonyl (C=O) groups is 1. The summed E-state index contributed by atoms with van der Waals surface area (Å²) in [7, 11) is 2.94. The van der Waals surface area contributed by atoms with E-state index in [2.05, 4.69) is 9.47 Å². The van der Waals surface area contributed by atoms with Crippen molar-refractivity contribution >= 4 is 5.97 Å². The highest BCUT2D eigenvalue weighted by Gasteiger charge is 2.31. The second-order valence-corrected chi connectivity index (χ2v) is 4.23. The third kappa shape index (κ3) is 3.36. The van der Waals surface area contributed by atoms with Gasteiger partial charge in [-0.2, -0.15) is 0 Å². The van der Waals surface area contributed by atoms with E-state index < -0.39 is 12.3 Å². The van der Waals surface area contributed by atoms with Crippen molar-refractivity contribution in [3.63, 3.8) is 0 Å². The van der Waals surface area contributed by atoms with Gasteiger partial charge in [0.2, 0.25) is 0 Å². The lowest BCUT2D eigenvalue weighted by atomic mass is 10.1. The number of ether oxygens (including phenoxy) is 2. The SMILES string of the molecule is COC(=O)c1ccc(-c2ccc(OC(F)(F)F)cc2)n1C. The molecule has 7 heteroatoms. The van der Waals surface area contributed by atoms with Crippen molar-refractivity contribution in [3.05, 3.63) is 42.1 Å². The molecule has 1 aromatic carbocycles. The molecule has 0 atom stereocenters. The maximum atomic E-state index is 12.1. The van der Waals surface area contributed by atoms with Crippen LogP contribution in [-0.2, 0) is 11.8 Å². The van der Waals surface area contributed by atoms with Crippen molar-refractivity contribution in [1.82, 2.24) is 4.57 Å². The molecule has 0 aliphatic heterocycles. The number of benzene rings is 1. The van der Waals surface area contributed by atoms with Crippen molar-refractivity contribution in [2.24, 2.45) is 7.05 Å². The maximum Gasteiger partial charge on any atom is 0.573 e. The number of halogens is 3. The molecule has 1 heterocycles. The molecule has 2 rings (SSSR count). The normalized spacial score (nSPS) is 11.3. The molecular weight excluding hydrogens is 287 g/mol. The first-order valence-corrected chi connectivity index (χ1v) is 5.92. The molecular formula is C14H12F3NO3. The topological polar surface area (TPSA) is 40.5 Å². The van der Waals surface area contributed by atoms with E-state index in [1.54, 1.807) is 23.7 Å². The third-order valence-corrected chi connectivity index (χ3v) is 2.90. The average molecular weight is 299 g/mol. The van der Waals surface area contributed by atoms with Crippen molar-refractivity contribution in [1.29, 1.82) is 0 Å². The van der Waals surface area contributed by atoms with E-state index in [9.17, 15) is 18.0 Å². The Morgan fingerprint density at radius 3 is 2.24 bits per heavy atom. The number of aromatic nitrogens is 1. The molecule has 4 nitrogen and oxygen atoms in total. The van der Waals surface area contributed by atoms with E-state index in [1.807, 2.05) is 0 Å². The summed E-state index contributed by atoms with van der Waals surface area (Å²) in [5.41, 5.74) is 1.68. The van der Waals surface area contributed by atoms with Crippen LogP contribution in [0, 0.1) is 0 Å². The summed E-state index contributed by atoms with van der Waals surface area (Å²) in [4.78, 5) is 11.5. The molecule has 0 unspecified atom stereocenters. The molecule has 0 saturated carbocycles. The Morgan fingerprint density at radius 2 is 1.71 bits per heavy atom. The Balaban J connectivity index is 2.27. The van der Waals surface area contributed by atoms with Crippen molar-refractivity contribution in [2.45, 2.75) is 6.36 Å². The first-order chi connectivity index (χ1) is 9.81. The number of methoxy groups -OCH3 is 1. The van der Waals surface area contributed by atoms with E-state index in [0.29, 0.717) is 17.0 Å². The zero-order valence-corrected chi connectivity index (χ0v) is 11.3. The van der Waals surface area contributed by atoms with Gasteiger partial charge in [-0.1, -0.05) is 0 Å². The van der Waals surface area contributed by atoms with E-state index in [4.69, 9.17) is 0 Å². The van der Waals surface area contributed by atoms with Crippen LogP contribution in [0.5, 0.6) is 5.75 Å². The molecule has 2 aromatic rings. The fourth-order valence-electron chi connectivity index (χ4n) is 1.94. The fraction of sp³-hybridized carbons (Fsp3) is 0.214. The van der Waals surface area contributed by atoms with Gasteiger partial charge in [-0.05, 0) is 42.0 Å². The van der Waals surface area contributed by atoms with Crippen molar-refractivity contribution < 1.29 is 27.4 Å². The highest BCUT2D eigenvalue weighted by molar-refractivity contribution is 5.89. The largest absolute Gasteiger partial charge is 0.573 e. The zero-order chi connectivity index (χ0) is 15.6. The molecule has 112 valence electrons. The van der Waals surface area contributed by atoms with Crippen molar-refractivity contribution in [2.75, 3.05) is 7.11 Å². The number of hydrogen-bond donors (Lipinski definition) is 0. The van der Waals surface area contributed by atoms with Gasteiger partial charge >= 0.3 is 12.3 Å². The predicted molar refractivity (Wildman–Crippen MR) is 68.9 cm³/mol. The van der Waals surface area contributed by atoms with Gasteiger partial charge in [-0.3, -0.25) is 0 Å². The molecule has 0 amide bonds. The quantitative estimate of drug-likeness (QED) is 0.816. The molecule has 0 fully saturated rings. The molecule has 0 N–H and O–H groups in total. The summed E-state index contributed by atoms with van der Waals surface area (Å²) in [5, 5.41) is 0. The second kappa shape index (κ2) is 5.51. The van der Waals surface area contributed by atoms with Crippen LogP contribution >= 0.6 is 0 Å². The lowest BCUT2D eigenvalue weighted by Gasteiger charge is -2.10. The second-order valence-electron chi connectivity index (χ2n) is 4.23. The molecule has 0 saturated heterocycles. The Hall–Kier alpha value is -2.44. The van der Waals surface area contributed by atoms with Gasteiger partial charge in [0.15, 0.2) is 0 Å². The lowest BCUT2D eigenvalue weighted by Crippen LogP contribution is -2.16. The van der Waals surface area contributed by atoms with Gasteiger partial charge < -0.3 is 14.0 Å². The van der Waals surface area contributed by atoms with Gasteiger partial charge in [0, 0.05) is 12.7 Å². The Morgan fingerprint density at radius 1 is 1.10 bits per heavy atom. The number of nitrogens with zero attached hydrogens (tertiary/aromatic N) is 1. The number of esters is 1. The summed E-state index contributed by atoms with van der Waals surface area (Å²) in [6.45, 7) is 0. The molecule has 0 aliphatic carbocycles. The van der Waals surface area contributed by atoms with Gasteiger partial charge in [-0.25, -0.2) is 4.79 Å². The van der Waals surface area contributed by atoms with Crippen LogP contribution in [0.3, 0.4) is 0 Å². The lowest BCUT2D eigenvalue weighted by molar-refractivity contribution is -0.274. The summed E-state index contributed by atoms with van der Waals surface area (Å²) in [6.07, 6.45) is -4.72. The summed E-state index contributed by atoms with van der Waals surface area (Å²) < 4.78 is 46.3. The summed E-state index contributed by atoms with van der Waals surface area (Å²) >= 11 is 0. The third-order valence-electron chi connectivity index (χ3n) is 2.90. The van der Waals surface area contributed by atoms with E-state index in [-0.39, 0.29) is 5.75 Å². The highest BCUT2D eigenvalue weighted by Crippen LogP contribution is 2.27. The standard InChI is InChI=1S/C14H12F3NO3/c1-18-11(7-8-12(18)13(19)20-2)9-3-5-10(6-4-9)21-14(15,16)17/h3-8H,1-2H3. The van der Waals surface area contributed by atoms with Crippen LogP contribution in [0.15, 0.2) is 36.4 Å². The van der Waals surface area contributed by atoms with Crippen LogP contribution in [0.4, 0.5) is 13.2 Å². The smallest absolute Gasteiger partial charge is 0.464 e. The van der Waals surface area contributed by atoms with Crippen LogP contribution in [-0.4, -0.2) is 24.0 Å². The van der Waals surface area contributed by atoms with Crippen LogP contribution in [0.25, 0.3) is 11.3 Å². The molecule has 0 spiro atoms.